The Morgan fingerprint density at radius 3 is 2.48 bits per heavy atom. The van der Waals surface area contributed by atoms with Crippen molar-refractivity contribution in [2.75, 3.05) is 71.0 Å². The van der Waals surface area contributed by atoms with Gasteiger partial charge >= 0.3 is 0 Å². The summed E-state index contributed by atoms with van der Waals surface area (Å²) in [6.45, 7) is 7.83. The summed E-state index contributed by atoms with van der Waals surface area (Å²) in [5.41, 5.74) is 1.93. The van der Waals surface area contributed by atoms with E-state index in [9.17, 15) is 4.79 Å². The quantitative estimate of drug-likeness (QED) is 0.742. The molecule has 126 valence electrons. The predicted octanol–water partition coefficient (Wildman–Crippen LogP) is 1.72. The number of benzene rings is 1. The molecule has 0 spiro atoms. The second kappa shape index (κ2) is 7.75. The number of hydrogen-bond donors (Lipinski definition) is 0. The van der Waals surface area contributed by atoms with E-state index >= 15 is 0 Å². The number of morpholine rings is 1. The van der Waals surface area contributed by atoms with E-state index in [-0.39, 0.29) is 5.78 Å². The van der Waals surface area contributed by atoms with Gasteiger partial charge in [-0.3, -0.25) is 9.69 Å². The number of nitrogens with zero attached hydrogens (tertiary/aromatic N) is 3. The van der Waals surface area contributed by atoms with Crippen molar-refractivity contribution in [1.29, 1.82) is 0 Å². The van der Waals surface area contributed by atoms with Gasteiger partial charge in [0.15, 0.2) is 5.78 Å². The Morgan fingerprint density at radius 1 is 1.13 bits per heavy atom. The van der Waals surface area contributed by atoms with Gasteiger partial charge in [-0.15, -0.1) is 0 Å². The Morgan fingerprint density at radius 2 is 1.83 bits per heavy atom. The number of rotatable bonds is 4. The Labute approximate surface area is 146 Å². The SMILES string of the molecule is CN1CCN(CC(=O)c2ccc(N3CCOCC3)c(Br)c2)CC1. The molecule has 0 aromatic heterocycles. The van der Waals surface area contributed by atoms with Gasteiger partial charge in [0.05, 0.1) is 25.4 Å². The third-order valence-corrected chi connectivity index (χ3v) is 5.22. The summed E-state index contributed by atoms with van der Waals surface area (Å²) in [5.74, 6) is 0.198. The number of carbonyl (C=O) groups is 1. The van der Waals surface area contributed by atoms with E-state index in [2.05, 4.69) is 37.7 Å². The molecule has 2 heterocycles. The zero-order valence-electron chi connectivity index (χ0n) is 13.6. The lowest BCUT2D eigenvalue weighted by molar-refractivity contribution is 0.0876. The fraction of sp³-hybridized carbons (Fsp3) is 0.588. The van der Waals surface area contributed by atoms with Crippen molar-refractivity contribution in [3.63, 3.8) is 0 Å². The molecule has 2 aliphatic rings. The van der Waals surface area contributed by atoms with E-state index in [1.54, 1.807) is 0 Å². The molecule has 3 rings (SSSR count). The van der Waals surface area contributed by atoms with Crippen LogP contribution in [0.1, 0.15) is 10.4 Å². The summed E-state index contributed by atoms with van der Waals surface area (Å²) in [5, 5.41) is 0. The maximum absolute atomic E-state index is 12.5. The number of anilines is 1. The van der Waals surface area contributed by atoms with Gasteiger partial charge in [-0.25, -0.2) is 0 Å². The lowest BCUT2D eigenvalue weighted by Gasteiger charge is -2.32. The number of ketones is 1. The highest BCUT2D eigenvalue weighted by molar-refractivity contribution is 9.10. The second-order valence-electron chi connectivity index (χ2n) is 6.27. The summed E-state index contributed by atoms with van der Waals surface area (Å²) in [6, 6.07) is 5.96. The number of ether oxygens (including phenoxy) is 1. The van der Waals surface area contributed by atoms with Gasteiger partial charge in [0.25, 0.3) is 0 Å². The van der Waals surface area contributed by atoms with Crippen LogP contribution in [0, 0.1) is 0 Å². The fourth-order valence-corrected chi connectivity index (χ4v) is 3.67. The molecule has 1 aromatic rings. The van der Waals surface area contributed by atoms with Crippen LogP contribution in [0.2, 0.25) is 0 Å². The molecule has 0 radical (unpaired) electrons. The molecular formula is C17H24BrN3O2. The highest BCUT2D eigenvalue weighted by Gasteiger charge is 2.19. The van der Waals surface area contributed by atoms with Crippen molar-refractivity contribution in [2.24, 2.45) is 0 Å². The zero-order valence-corrected chi connectivity index (χ0v) is 15.2. The minimum Gasteiger partial charge on any atom is -0.378 e. The molecule has 23 heavy (non-hydrogen) atoms. The van der Waals surface area contributed by atoms with Crippen molar-refractivity contribution in [1.82, 2.24) is 9.80 Å². The molecule has 0 amide bonds. The first-order valence-electron chi connectivity index (χ1n) is 8.20. The summed E-state index contributed by atoms with van der Waals surface area (Å²) >= 11 is 3.63. The fourth-order valence-electron chi connectivity index (χ4n) is 3.04. The summed E-state index contributed by atoms with van der Waals surface area (Å²) < 4.78 is 6.38. The molecule has 1 aromatic carbocycles. The zero-order chi connectivity index (χ0) is 16.2. The molecule has 6 heteroatoms. The van der Waals surface area contributed by atoms with Crippen molar-refractivity contribution < 1.29 is 9.53 Å². The van der Waals surface area contributed by atoms with Gasteiger partial charge in [-0.05, 0) is 41.2 Å². The highest BCUT2D eigenvalue weighted by atomic mass is 79.9. The Hall–Kier alpha value is -0.950. The topological polar surface area (TPSA) is 36.0 Å². The number of hydrogen-bond acceptors (Lipinski definition) is 5. The van der Waals surface area contributed by atoms with Crippen molar-refractivity contribution in [3.05, 3.63) is 28.2 Å². The minimum atomic E-state index is 0.198. The Bertz CT molecular complexity index is 553. The third-order valence-electron chi connectivity index (χ3n) is 4.58. The third kappa shape index (κ3) is 4.32. The number of Topliss-reactive ketones (excluding diaryl/α,β-unsaturated/α-hetero) is 1. The number of piperazine rings is 1. The average Bonchev–Trinajstić information content (AvgIpc) is 2.57. The average molecular weight is 382 g/mol. The van der Waals surface area contributed by atoms with Crippen LogP contribution >= 0.6 is 15.9 Å². The first kappa shape index (κ1) is 16.9. The largest absolute Gasteiger partial charge is 0.378 e. The minimum absolute atomic E-state index is 0.198. The molecule has 2 aliphatic heterocycles. The molecular weight excluding hydrogens is 358 g/mol. The molecule has 5 nitrogen and oxygen atoms in total. The van der Waals surface area contributed by atoms with E-state index in [0.717, 1.165) is 68.2 Å². The summed E-state index contributed by atoms with van der Waals surface area (Å²) in [7, 11) is 2.13. The predicted molar refractivity (Wildman–Crippen MR) is 95.4 cm³/mol. The van der Waals surface area contributed by atoms with Crippen LogP contribution in [0.4, 0.5) is 5.69 Å². The van der Waals surface area contributed by atoms with Gasteiger partial charge in [-0.1, -0.05) is 0 Å². The maximum Gasteiger partial charge on any atom is 0.176 e. The van der Waals surface area contributed by atoms with Gasteiger partial charge < -0.3 is 14.5 Å². The van der Waals surface area contributed by atoms with Crippen molar-refractivity contribution in [2.45, 2.75) is 0 Å². The summed E-state index contributed by atoms with van der Waals surface area (Å²) in [6.07, 6.45) is 0. The molecule has 0 aliphatic carbocycles. The first-order chi connectivity index (χ1) is 11.1. The molecule has 0 atom stereocenters. The Balaban J connectivity index is 1.63. The van der Waals surface area contributed by atoms with Crippen LogP contribution < -0.4 is 4.90 Å². The van der Waals surface area contributed by atoms with E-state index in [4.69, 9.17) is 4.74 Å². The highest BCUT2D eigenvalue weighted by Crippen LogP contribution is 2.28. The van der Waals surface area contributed by atoms with E-state index < -0.39 is 0 Å². The maximum atomic E-state index is 12.5. The molecule has 0 N–H and O–H groups in total. The van der Waals surface area contributed by atoms with E-state index in [1.807, 2.05) is 18.2 Å². The van der Waals surface area contributed by atoms with Gasteiger partial charge in [0.2, 0.25) is 0 Å². The lowest BCUT2D eigenvalue weighted by atomic mass is 10.1. The smallest absolute Gasteiger partial charge is 0.176 e. The molecule has 2 saturated heterocycles. The number of carbonyl (C=O) groups excluding carboxylic acids is 1. The van der Waals surface area contributed by atoms with Crippen LogP contribution in [0.5, 0.6) is 0 Å². The van der Waals surface area contributed by atoms with E-state index in [1.165, 1.54) is 0 Å². The molecule has 2 fully saturated rings. The van der Waals surface area contributed by atoms with Gasteiger partial charge in [0.1, 0.15) is 0 Å². The second-order valence-corrected chi connectivity index (χ2v) is 7.12. The summed E-state index contributed by atoms with van der Waals surface area (Å²) in [4.78, 5) is 19.4. The first-order valence-corrected chi connectivity index (χ1v) is 8.99. The van der Waals surface area contributed by atoms with Crippen LogP contribution in [0.3, 0.4) is 0 Å². The molecule has 0 bridgehead atoms. The van der Waals surface area contributed by atoms with Gasteiger partial charge in [0, 0.05) is 49.3 Å². The standard InChI is InChI=1S/C17H24BrN3O2/c1-19-4-6-20(7-5-19)13-17(22)14-2-3-16(15(18)12-14)21-8-10-23-11-9-21/h2-3,12H,4-11,13H2,1H3. The number of likely N-dealkylation sites (N-methyl/N-ethyl adjacent to an activating group) is 1. The Kier molecular flexibility index (Phi) is 5.69. The van der Waals surface area contributed by atoms with Crippen molar-refractivity contribution in [3.8, 4) is 0 Å². The molecule has 0 saturated carbocycles. The van der Waals surface area contributed by atoms with Crippen LogP contribution in [-0.2, 0) is 4.74 Å². The van der Waals surface area contributed by atoms with Crippen LogP contribution in [0.25, 0.3) is 0 Å². The monoisotopic (exact) mass is 381 g/mol. The number of halogens is 1. The lowest BCUT2D eigenvalue weighted by Crippen LogP contribution is -2.46. The van der Waals surface area contributed by atoms with Crippen LogP contribution in [0.15, 0.2) is 22.7 Å². The van der Waals surface area contributed by atoms with Crippen LogP contribution in [-0.4, -0.2) is 81.7 Å². The molecule has 0 unspecified atom stereocenters. The normalized spacial score (nSPS) is 20.7. The van der Waals surface area contributed by atoms with Gasteiger partial charge in [-0.2, -0.15) is 0 Å². The van der Waals surface area contributed by atoms with Crippen molar-refractivity contribution >= 4 is 27.4 Å². The van der Waals surface area contributed by atoms with E-state index in [0.29, 0.717) is 6.54 Å².